The SMILES string of the molecule is Cc1cc(-c2c(-c3ccc(C)c(C)c3C)cnn2C)cc(C)c1C. The molecule has 0 aliphatic heterocycles. The number of aromatic nitrogens is 2. The van der Waals surface area contributed by atoms with E-state index in [0.29, 0.717) is 0 Å². The molecule has 1 aromatic heterocycles. The third-order valence-corrected chi connectivity index (χ3v) is 5.49. The van der Waals surface area contributed by atoms with E-state index in [0.717, 1.165) is 0 Å². The fourth-order valence-corrected chi connectivity index (χ4v) is 3.40. The molecule has 2 aromatic carbocycles. The zero-order valence-corrected chi connectivity index (χ0v) is 15.8. The van der Waals surface area contributed by atoms with E-state index < -0.39 is 0 Å². The highest BCUT2D eigenvalue weighted by molar-refractivity contribution is 5.83. The summed E-state index contributed by atoms with van der Waals surface area (Å²) in [7, 11) is 2.03. The zero-order chi connectivity index (χ0) is 17.6. The summed E-state index contributed by atoms with van der Waals surface area (Å²) in [6.07, 6.45) is 2.00. The molecule has 3 aromatic rings. The normalized spacial score (nSPS) is 11.1. The molecule has 0 aliphatic rings. The van der Waals surface area contributed by atoms with Gasteiger partial charge in [-0.15, -0.1) is 0 Å². The zero-order valence-electron chi connectivity index (χ0n) is 15.8. The van der Waals surface area contributed by atoms with E-state index in [1.54, 1.807) is 0 Å². The smallest absolute Gasteiger partial charge is 0.0757 e. The number of rotatable bonds is 2. The number of aryl methyl sites for hydroxylation is 4. The van der Waals surface area contributed by atoms with E-state index in [-0.39, 0.29) is 0 Å². The van der Waals surface area contributed by atoms with Crippen LogP contribution in [-0.4, -0.2) is 9.78 Å². The van der Waals surface area contributed by atoms with E-state index in [1.807, 2.05) is 17.9 Å². The Bertz CT molecular complexity index is 906. The Morgan fingerprint density at radius 1 is 0.708 bits per heavy atom. The van der Waals surface area contributed by atoms with Gasteiger partial charge in [0.2, 0.25) is 0 Å². The van der Waals surface area contributed by atoms with Crippen LogP contribution in [0.15, 0.2) is 30.5 Å². The first kappa shape index (κ1) is 16.5. The minimum atomic E-state index is 1.19. The van der Waals surface area contributed by atoms with Crippen LogP contribution in [0.4, 0.5) is 0 Å². The van der Waals surface area contributed by atoms with Crippen molar-refractivity contribution in [2.75, 3.05) is 0 Å². The van der Waals surface area contributed by atoms with Crippen molar-refractivity contribution in [3.8, 4) is 22.4 Å². The molecule has 0 saturated heterocycles. The number of hydrogen-bond acceptors (Lipinski definition) is 1. The van der Waals surface area contributed by atoms with Crippen molar-refractivity contribution in [1.82, 2.24) is 9.78 Å². The lowest BCUT2D eigenvalue weighted by Crippen LogP contribution is -1.98. The third kappa shape index (κ3) is 2.56. The van der Waals surface area contributed by atoms with Crippen molar-refractivity contribution in [1.29, 1.82) is 0 Å². The van der Waals surface area contributed by atoms with Gasteiger partial charge in [0.15, 0.2) is 0 Å². The Kier molecular flexibility index (Phi) is 4.08. The summed E-state index contributed by atoms with van der Waals surface area (Å²) in [5.74, 6) is 0. The van der Waals surface area contributed by atoms with Gasteiger partial charge in [-0.1, -0.05) is 12.1 Å². The van der Waals surface area contributed by atoms with E-state index in [4.69, 9.17) is 0 Å². The number of benzene rings is 2. The summed E-state index contributed by atoms with van der Waals surface area (Å²) >= 11 is 0. The minimum Gasteiger partial charge on any atom is -0.267 e. The molecule has 0 radical (unpaired) electrons. The molecule has 24 heavy (non-hydrogen) atoms. The third-order valence-electron chi connectivity index (χ3n) is 5.49. The van der Waals surface area contributed by atoms with Crippen LogP contribution in [0, 0.1) is 41.5 Å². The van der Waals surface area contributed by atoms with E-state index >= 15 is 0 Å². The van der Waals surface area contributed by atoms with Gasteiger partial charge < -0.3 is 0 Å². The maximum Gasteiger partial charge on any atom is 0.0757 e. The summed E-state index contributed by atoms with van der Waals surface area (Å²) in [5, 5.41) is 4.56. The fourth-order valence-electron chi connectivity index (χ4n) is 3.40. The molecule has 0 spiro atoms. The average molecular weight is 318 g/mol. The Balaban J connectivity index is 2.27. The van der Waals surface area contributed by atoms with Gasteiger partial charge in [-0.25, -0.2) is 0 Å². The van der Waals surface area contributed by atoms with Gasteiger partial charge in [0.05, 0.1) is 11.9 Å². The maximum atomic E-state index is 4.56. The second kappa shape index (κ2) is 5.94. The number of hydrogen-bond donors (Lipinski definition) is 0. The van der Waals surface area contributed by atoms with Gasteiger partial charge in [-0.2, -0.15) is 5.10 Å². The maximum absolute atomic E-state index is 4.56. The fraction of sp³-hybridized carbons (Fsp3) is 0.318. The van der Waals surface area contributed by atoms with Crippen LogP contribution >= 0.6 is 0 Å². The van der Waals surface area contributed by atoms with Crippen molar-refractivity contribution < 1.29 is 0 Å². The summed E-state index contributed by atoms with van der Waals surface area (Å²) < 4.78 is 1.99. The molecule has 0 atom stereocenters. The van der Waals surface area contributed by atoms with Crippen molar-refractivity contribution >= 4 is 0 Å². The molecule has 0 unspecified atom stereocenters. The molecule has 2 nitrogen and oxygen atoms in total. The summed E-state index contributed by atoms with van der Waals surface area (Å²) in [4.78, 5) is 0. The molecule has 0 saturated carbocycles. The molecule has 0 bridgehead atoms. The Hall–Kier alpha value is -2.35. The molecular weight excluding hydrogens is 292 g/mol. The molecule has 124 valence electrons. The van der Waals surface area contributed by atoms with Gasteiger partial charge in [-0.3, -0.25) is 4.68 Å². The quantitative estimate of drug-likeness (QED) is 0.601. The predicted molar refractivity (Wildman–Crippen MR) is 103 cm³/mol. The van der Waals surface area contributed by atoms with E-state index in [1.165, 1.54) is 55.8 Å². The van der Waals surface area contributed by atoms with E-state index in [9.17, 15) is 0 Å². The lowest BCUT2D eigenvalue weighted by molar-refractivity contribution is 0.776. The van der Waals surface area contributed by atoms with Crippen molar-refractivity contribution in [3.05, 3.63) is 63.8 Å². The topological polar surface area (TPSA) is 17.8 Å². The second-order valence-corrected chi connectivity index (χ2v) is 6.95. The molecule has 1 heterocycles. The largest absolute Gasteiger partial charge is 0.267 e. The highest BCUT2D eigenvalue weighted by Crippen LogP contribution is 2.36. The first-order valence-electron chi connectivity index (χ1n) is 8.48. The first-order valence-corrected chi connectivity index (χ1v) is 8.48. The van der Waals surface area contributed by atoms with Gasteiger partial charge in [0.1, 0.15) is 0 Å². The molecule has 0 N–H and O–H groups in total. The van der Waals surface area contributed by atoms with Crippen LogP contribution in [-0.2, 0) is 7.05 Å². The van der Waals surface area contributed by atoms with Gasteiger partial charge in [0.25, 0.3) is 0 Å². The molecule has 3 rings (SSSR count). The van der Waals surface area contributed by atoms with Gasteiger partial charge in [-0.05, 0) is 92.6 Å². The van der Waals surface area contributed by atoms with Crippen molar-refractivity contribution in [2.45, 2.75) is 41.5 Å². The summed E-state index contributed by atoms with van der Waals surface area (Å²) in [6, 6.07) is 8.99. The first-order chi connectivity index (χ1) is 11.3. The Morgan fingerprint density at radius 2 is 1.33 bits per heavy atom. The van der Waals surface area contributed by atoms with Gasteiger partial charge >= 0.3 is 0 Å². The van der Waals surface area contributed by atoms with Crippen LogP contribution in [0.1, 0.15) is 33.4 Å². The lowest BCUT2D eigenvalue weighted by Gasteiger charge is -2.14. The molecule has 0 fully saturated rings. The average Bonchev–Trinajstić information content (AvgIpc) is 2.91. The number of nitrogens with zero attached hydrogens (tertiary/aromatic N) is 2. The minimum absolute atomic E-state index is 1.19. The van der Waals surface area contributed by atoms with Crippen LogP contribution < -0.4 is 0 Å². The lowest BCUT2D eigenvalue weighted by atomic mass is 9.91. The second-order valence-electron chi connectivity index (χ2n) is 6.95. The molecular formula is C22H26N2. The Labute approximate surface area is 145 Å². The summed E-state index contributed by atoms with van der Waals surface area (Å²) in [6.45, 7) is 13.1. The van der Waals surface area contributed by atoms with Crippen molar-refractivity contribution in [3.63, 3.8) is 0 Å². The molecule has 0 aliphatic carbocycles. The van der Waals surface area contributed by atoms with Crippen molar-refractivity contribution in [2.24, 2.45) is 7.05 Å². The highest BCUT2D eigenvalue weighted by atomic mass is 15.3. The van der Waals surface area contributed by atoms with Crippen LogP contribution in [0.25, 0.3) is 22.4 Å². The highest BCUT2D eigenvalue weighted by Gasteiger charge is 2.17. The monoisotopic (exact) mass is 318 g/mol. The predicted octanol–water partition coefficient (Wildman–Crippen LogP) is 5.60. The van der Waals surface area contributed by atoms with E-state index in [2.05, 4.69) is 70.9 Å². The Morgan fingerprint density at radius 3 is 1.96 bits per heavy atom. The van der Waals surface area contributed by atoms with Crippen LogP contribution in [0.2, 0.25) is 0 Å². The van der Waals surface area contributed by atoms with Crippen LogP contribution in [0.5, 0.6) is 0 Å². The standard InChI is InChI=1S/C22H26N2/c1-13-8-9-20(18(6)17(13)5)21-12-23-24(7)22(21)19-10-14(2)16(4)15(3)11-19/h8-12H,1-7H3. The van der Waals surface area contributed by atoms with Gasteiger partial charge in [0, 0.05) is 18.2 Å². The van der Waals surface area contributed by atoms with Crippen LogP contribution in [0.3, 0.4) is 0 Å². The molecule has 2 heteroatoms. The summed E-state index contributed by atoms with van der Waals surface area (Å²) in [5.41, 5.74) is 13.0. The molecule has 0 amide bonds.